The summed E-state index contributed by atoms with van der Waals surface area (Å²) in [4.78, 5) is 62.0. The predicted molar refractivity (Wildman–Crippen MR) is 132 cm³/mol. The summed E-state index contributed by atoms with van der Waals surface area (Å²) in [7, 11) is 1.37. The van der Waals surface area contributed by atoms with Crippen LogP contribution in [-0.4, -0.2) is 105 Å². The highest BCUT2D eigenvalue weighted by Crippen LogP contribution is 2.35. The zero-order valence-corrected chi connectivity index (χ0v) is 22.9. The Morgan fingerprint density at radius 1 is 0.825 bits per heavy atom. The number of rotatable bonds is 9. The first-order valence-electron chi connectivity index (χ1n) is 12.5. The minimum Gasteiger partial charge on any atom is -0.493 e. The van der Waals surface area contributed by atoms with Crippen molar-refractivity contribution < 1.29 is 61.9 Å². The van der Waals surface area contributed by atoms with Gasteiger partial charge in [-0.3, -0.25) is 24.0 Å². The van der Waals surface area contributed by atoms with E-state index in [1.165, 1.54) is 32.2 Å². The second-order valence-electron chi connectivity index (χ2n) is 8.96. The van der Waals surface area contributed by atoms with Gasteiger partial charge in [-0.15, -0.1) is 0 Å². The third-order valence-corrected chi connectivity index (χ3v) is 5.90. The van der Waals surface area contributed by atoms with Crippen molar-refractivity contribution >= 4 is 29.8 Å². The van der Waals surface area contributed by atoms with Crippen LogP contribution in [0.2, 0.25) is 0 Å². The first kappa shape index (κ1) is 30.6. The number of hydrogen-bond acceptors (Lipinski definition) is 13. The van der Waals surface area contributed by atoms with Crippen LogP contribution in [0.15, 0.2) is 18.2 Å². The smallest absolute Gasteiger partial charge is 0.303 e. The van der Waals surface area contributed by atoms with Crippen molar-refractivity contribution in [1.82, 2.24) is 4.90 Å². The molecule has 2 aliphatic heterocycles. The van der Waals surface area contributed by atoms with Gasteiger partial charge in [-0.25, -0.2) is 0 Å². The van der Waals surface area contributed by atoms with Gasteiger partial charge in [0.2, 0.25) is 12.4 Å². The molecule has 1 amide bonds. The maximum Gasteiger partial charge on any atom is 0.303 e. The van der Waals surface area contributed by atoms with Gasteiger partial charge in [0.1, 0.15) is 12.7 Å². The van der Waals surface area contributed by atoms with Gasteiger partial charge in [0.05, 0.1) is 20.3 Å². The highest BCUT2D eigenvalue weighted by molar-refractivity contribution is 5.95. The molecule has 14 heteroatoms. The van der Waals surface area contributed by atoms with E-state index in [4.69, 9.17) is 37.9 Å². The minimum absolute atomic E-state index is 0.0990. The van der Waals surface area contributed by atoms with Crippen LogP contribution in [0.5, 0.6) is 11.5 Å². The van der Waals surface area contributed by atoms with Gasteiger partial charge in [-0.1, -0.05) is 0 Å². The van der Waals surface area contributed by atoms with E-state index in [2.05, 4.69) is 0 Å². The number of hydrogen-bond donors (Lipinski definition) is 0. The number of esters is 4. The maximum absolute atomic E-state index is 12.9. The number of nitrogens with zero attached hydrogens (tertiary/aromatic N) is 1. The van der Waals surface area contributed by atoms with Crippen LogP contribution in [0.4, 0.5) is 0 Å². The molecule has 3 rings (SSSR count). The topological polar surface area (TPSA) is 162 Å². The summed E-state index contributed by atoms with van der Waals surface area (Å²) in [6, 6.07) is 4.49. The lowest BCUT2D eigenvalue weighted by Gasteiger charge is -2.44. The lowest BCUT2D eigenvalue weighted by Crippen LogP contribution is -2.63. The third-order valence-electron chi connectivity index (χ3n) is 5.90. The fourth-order valence-electron chi connectivity index (χ4n) is 4.26. The Balaban J connectivity index is 1.96. The first-order valence-corrected chi connectivity index (χ1v) is 12.5. The van der Waals surface area contributed by atoms with Crippen molar-refractivity contribution in [3.63, 3.8) is 0 Å². The van der Waals surface area contributed by atoms with Crippen LogP contribution in [0, 0.1) is 0 Å². The molecule has 2 aliphatic rings. The van der Waals surface area contributed by atoms with Crippen LogP contribution in [0.25, 0.3) is 0 Å². The van der Waals surface area contributed by atoms with E-state index in [1.54, 1.807) is 4.90 Å². The molecule has 2 saturated heterocycles. The van der Waals surface area contributed by atoms with Crippen molar-refractivity contribution in [3.8, 4) is 11.5 Å². The lowest BCUT2D eigenvalue weighted by molar-refractivity contribution is -0.288. The lowest BCUT2D eigenvalue weighted by atomic mass is 9.98. The van der Waals surface area contributed by atoms with Crippen LogP contribution in [0.1, 0.15) is 38.1 Å². The average molecular weight is 568 g/mol. The van der Waals surface area contributed by atoms with Crippen molar-refractivity contribution in [3.05, 3.63) is 23.8 Å². The number of amides is 1. The van der Waals surface area contributed by atoms with Gasteiger partial charge < -0.3 is 42.8 Å². The normalized spacial score (nSPS) is 24.3. The second-order valence-corrected chi connectivity index (χ2v) is 8.96. The molecule has 0 bridgehead atoms. The van der Waals surface area contributed by atoms with Gasteiger partial charge in [-0.05, 0) is 18.2 Å². The Hall–Kier alpha value is -3.91. The highest BCUT2D eigenvalue weighted by Gasteiger charge is 2.53. The van der Waals surface area contributed by atoms with Crippen LogP contribution >= 0.6 is 0 Å². The van der Waals surface area contributed by atoms with Crippen LogP contribution in [0.3, 0.4) is 0 Å². The molecule has 2 fully saturated rings. The van der Waals surface area contributed by atoms with Gasteiger partial charge in [0.15, 0.2) is 23.7 Å². The molecule has 0 N–H and O–H groups in total. The summed E-state index contributed by atoms with van der Waals surface area (Å²) < 4.78 is 44.0. The molecular weight excluding hydrogens is 534 g/mol. The molecule has 220 valence electrons. The Morgan fingerprint density at radius 2 is 1.43 bits per heavy atom. The zero-order valence-electron chi connectivity index (χ0n) is 22.9. The minimum atomic E-state index is -1.45. The van der Waals surface area contributed by atoms with E-state index in [1.807, 2.05) is 0 Å². The molecule has 0 aromatic heterocycles. The summed E-state index contributed by atoms with van der Waals surface area (Å²) in [5.41, 5.74) is 0.340. The molecule has 2 heterocycles. The predicted octanol–water partition coefficient (Wildman–Crippen LogP) is 0.630. The molecule has 0 spiro atoms. The number of methoxy groups -OCH3 is 1. The van der Waals surface area contributed by atoms with E-state index in [-0.39, 0.29) is 17.4 Å². The Labute approximate surface area is 230 Å². The van der Waals surface area contributed by atoms with Gasteiger partial charge in [0, 0.05) is 46.3 Å². The van der Waals surface area contributed by atoms with Crippen LogP contribution in [-0.2, 0) is 47.6 Å². The molecule has 5 atom stereocenters. The monoisotopic (exact) mass is 567 g/mol. The van der Waals surface area contributed by atoms with Crippen molar-refractivity contribution in [1.29, 1.82) is 0 Å². The number of carbonyl (C=O) groups is 5. The summed E-state index contributed by atoms with van der Waals surface area (Å²) >= 11 is 0. The molecule has 40 heavy (non-hydrogen) atoms. The molecule has 0 radical (unpaired) electrons. The van der Waals surface area contributed by atoms with E-state index in [0.29, 0.717) is 31.9 Å². The summed E-state index contributed by atoms with van der Waals surface area (Å²) in [5, 5.41) is 0. The summed E-state index contributed by atoms with van der Waals surface area (Å²) in [6.45, 7) is 5.92. The fraction of sp³-hybridized carbons (Fsp3) is 0.577. The molecule has 0 unspecified atom stereocenters. The van der Waals surface area contributed by atoms with Gasteiger partial charge >= 0.3 is 23.9 Å². The second kappa shape index (κ2) is 13.9. The molecule has 1 aromatic rings. The molecular formula is C26H33NO13. The van der Waals surface area contributed by atoms with Crippen LogP contribution < -0.4 is 9.47 Å². The van der Waals surface area contributed by atoms with E-state index in [9.17, 15) is 24.0 Å². The van der Waals surface area contributed by atoms with E-state index >= 15 is 0 Å². The standard InChI is InChI=1S/C26H33NO13/c1-14(28)35-13-21-22(36-15(2)29)23(37-16(3)30)24(38-17(4)31)26(40-21)39-19-7-6-18(12-20(19)33-5)25(32)27-8-10-34-11-9-27/h6-7,12,21-24,26H,8-11,13H2,1-5H3/t21-,22+,23+,24+,26-/m1/s1. The van der Waals surface area contributed by atoms with Gasteiger partial charge in [-0.2, -0.15) is 0 Å². The Kier molecular flexibility index (Phi) is 10.7. The largest absolute Gasteiger partial charge is 0.493 e. The Bertz CT molecular complexity index is 1100. The number of benzene rings is 1. The summed E-state index contributed by atoms with van der Waals surface area (Å²) in [6.07, 6.45) is -6.76. The zero-order chi connectivity index (χ0) is 29.4. The number of ether oxygens (including phenoxy) is 8. The number of carbonyl (C=O) groups excluding carboxylic acids is 5. The SMILES string of the molecule is COc1cc(C(=O)N2CCOCC2)ccc1O[C@@H]1O[C@H](COC(C)=O)[C@H](OC(C)=O)[C@H](OC(C)=O)[C@@H]1OC(C)=O. The van der Waals surface area contributed by atoms with E-state index < -0.39 is 61.2 Å². The van der Waals surface area contributed by atoms with Gasteiger partial charge in [0.25, 0.3) is 5.91 Å². The average Bonchev–Trinajstić information content (AvgIpc) is 2.90. The molecule has 1 aromatic carbocycles. The van der Waals surface area contributed by atoms with Crippen molar-refractivity contribution in [2.24, 2.45) is 0 Å². The summed E-state index contributed by atoms with van der Waals surface area (Å²) in [5.74, 6) is -2.89. The third kappa shape index (κ3) is 8.05. The Morgan fingerprint density at radius 3 is 2.00 bits per heavy atom. The molecule has 0 aliphatic carbocycles. The first-order chi connectivity index (χ1) is 19.0. The quantitative estimate of drug-likeness (QED) is 0.302. The van der Waals surface area contributed by atoms with E-state index in [0.717, 1.165) is 20.8 Å². The van der Waals surface area contributed by atoms with Crippen molar-refractivity contribution in [2.45, 2.75) is 58.4 Å². The van der Waals surface area contributed by atoms with Crippen molar-refractivity contribution in [2.75, 3.05) is 40.0 Å². The fourth-order valence-corrected chi connectivity index (χ4v) is 4.26. The molecule has 14 nitrogen and oxygen atoms in total. The molecule has 0 saturated carbocycles. The highest BCUT2D eigenvalue weighted by atomic mass is 16.7. The number of morpholine rings is 1. The maximum atomic E-state index is 12.9.